The van der Waals surface area contributed by atoms with Gasteiger partial charge < -0.3 is 4.18 Å². The molecule has 1 aromatic carbocycles. The van der Waals surface area contributed by atoms with E-state index in [-0.39, 0.29) is 0 Å². The van der Waals surface area contributed by atoms with Crippen molar-refractivity contribution in [1.29, 1.82) is 0 Å². The van der Waals surface area contributed by atoms with E-state index in [0.717, 1.165) is 38.1 Å². The molecule has 0 unspecified atom stereocenters. The van der Waals surface area contributed by atoms with Gasteiger partial charge in [-0.1, -0.05) is 30.3 Å². The first-order valence-corrected chi connectivity index (χ1v) is 5.26. The smallest absolute Gasteiger partial charge is 0.0758 e. The summed E-state index contributed by atoms with van der Waals surface area (Å²) in [6, 6.07) is 10.5. The van der Waals surface area contributed by atoms with Gasteiger partial charge in [0.1, 0.15) is 0 Å². The molecule has 0 aliphatic heterocycles. The maximum Gasteiger partial charge on any atom is 0.0758 e. The van der Waals surface area contributed by atoms with Gasteiger partial charge in [-0.3, -0.25) is 5.14 Å². The summed E-state index contributed by atoms with van der Waals surface area (Å²) >= 11 is 0.948. The third-order valence-corrected chi connectivity index (χ3v) is 2.16. The zero-order valence-corrected chi connectivity index (χ0v) is 8.43. The lowest BCUT2D eigenvalue weighted by Gasteiger charge is -2.00. The Morgan fingerprint density at radius 3 is 2.62 bits per heavy atom. The summed E-state index contributed by atoms with van der Waals surface area (Å²) in [5.74, 6) is 0. The van der Waals surface area contributed by atoms with Gasteiger partial charge in [-0.25, -0.2) is 0 Å². The van der Waals surface area contributed by atoms with Crippen molar-refractivity contribution in [2.45, 2.75) is 19.3 Å². The van der Waals surface area contributed by atoms with Gasteiger partial charge in [-0.2, -0.15) is 0 Å². The molecule has 0 aliphatic carbocycles. The first-order valence-electron chi connectivity index (χ1n) is 4.46. The highest BCUT2D eigenvalue weighted by molar-refractivity contribution is 7.92. The van der Waals surface area contributed by atoms with Crippen LogP contribution in [-0.2, 0) is 10.6 Å². The van der Waals surface area contributed by atoms with Gasteiger partial charge >= 0.3 is 0 Å². The minimum Gasteiger partial charge on any atom is -0.301 e. The van der Waals surface area contributed by atoms with Crippen molar-refractivity contribution in [1.82, 2.24) is 0 Å². The number of hydrogen-bond donors (Lipinski definition) is 1. The molecule has 0 amide bonds. The summed E-state index contributed by atoms with van der Waals surface area (Å²) in [5.41, 5.74) is 1.39. The lowest BCUT2D eigenvalue weighted by Crippen LogP contribution is -1.92. The summed E-state index contributed by atoms with van der Waals surface area (Å²) in [5, 5.41) is 5.12. The largest absolute Gasteiger partial charge is 0.301 e. The molecule has 72 valence electrons. The van der Waals surface area contributed by atoms with Crippen LogP contribution in [0.3, 0.4) is 0 Å². The summed E-state index contributed by atoms with van der Waals surface area (Å²) in [4.78, 5) is 0. The molecule has 0 aromatic heterocycles. The lowest BCUT2D eigenvalue weighted by molar-refractivity contribution is 0.359. The van der Waals surface area contributed by atoms with Crippen molar-refractivity contribution in [3.8, 4) is 0 Å². The van der Waals surface area contributed by atoms with Crippen LogP contribution in [0.15, 0.2) is 30.3 Å². The first kappa shape index (κ1) is 10.6. The Balaban J connectivity index is 2.07. The molecule has 0 heterocycles. The highest BCUT2D eigenvalue weighted by Gasteiger charge is 1.92. The predicted molar refractivity (Wildman–Crippen MR) is 57.1 cm³/mol. The second-order valence-corrected chi connectivity index (χ2v) is 3.29. The molecule has 3 heteroatoms. The maximum atomic E-state index is 5.12. The third-order valence-electron chi connectivity index (χ3n) is 1.85. The number of hydrogen-bond acceptors (Lipinski definition) is 3. The molecular formula is C10H15NOS. The lowest BCUT2D eigenvalue weighted by atomic mass is 10.1. The fourth-order valence-electron chi connectivity index (χ4n) is 1.18. The second-order valence-electron chi connectivity index (χ2n) is 2.86. The predicted octanol–water partition coefficient (Wildman–Crippen LogP) is 2.55. The molecule has 13 heavy (non-hydrogen) atoms. The van der Waals surface area contributed by atoms with E-state index >= 15 is 0 Å². The standard InChI is InChI=1S/C10H15NOS/c11-13-12-9-5-4-8-10-6-2-1-3-7-10/h1-3,6-7H,4-5,8-9,11H2. The van der Waals surface area contributed by atoms with E-state index in [1.807, 2.05) is 6.07 Å². The Kier molecular flexibility index (Phi) is 5.65. The molecule has 0 spiro atoms. The number of benzene rings is 1. The molecule has 0 aliphatic rings. The Labute approximate surface area is 83.8 Å². The van der Waals surface area contributed by atoms with Crippen LogP contribution in [0.2, 0.25) is 0 Å². The highest BCUT2D eigenvalue weighted by Crippen LogP contribution is 2.05. The molecule has 0 saturated heterocycles. The summed E-state index contributed by atoms with van der Waals surface area (Å²) in [6.07, 6.45) is 3.35. The van der Waals surface area contributed by atoms with Crippen molar-refractivity contribution in [3.05, 3.63) is 35.9 Å². The van der Waals surface area contributed by atoms with Crippen molar-refractivity contribution >= 4 is 12.2 Å². The van der Waals surface area contributed by atoms with Crippen LogP contribution >= 0.6 is 12.2 Å². The summed E-state index contributed by atoms with van der Waals surface area (Å²) < 4.78 is 4.97. The van der Waals surface area contributed by atoms with Crippen molar-refractivity contribution < 1.29 is 4.18 Å². The van der Waals surface area contributed by atoms with Crippen LogP contribution in [0.4, 0.5) is 0 Å². The van der Waals surface area contributed by atoms with E-state index in [4.69, 9.17) is 9.32 Å². The number of aryl methyl sites for hydroxylation is 1. The fourth-order valence-corrected chi connectivity index (χ4v) is 1.40. The Morgan fingerprint density at radius 2 is 1.92 bits per heavy atom. The van der Waals surface area contributed by atoms with Crippen LogP contribution in [0.25, 0.3) is 0 Å². The Morgan fingerprint density at radius 1 is 1.15 bits per heavy atom. The molecule has 0 saturated carbocycles. The zero-order valence-electron chi connectivity index (χ0n) is 7.61. The van der Waals surface area contributed by atoms with Crippen LogP contribution in [0.5, 0.6) is 0 Å². The molecule has 0 atom stereocenters. The molecule has 2 N–H and O–H groups in total. The average molecular weight is 197 g/mol. The number of unbranched alkanes of at least 4 members (excludes halogenated alkanes) is 1. The van der Waals surface area contributed by atoms with Gasteiger partial charge in [0.05, 0.1) is 18.8 Å². The summed E-state index contributed by atoms with van der Waals surface area (Å²) in [6.45, 7) is 0.744. The topological polar surface area (TPSA) is 35.2 Å². The summed E-state index contributed by atoms with van der Waals surface area (Å²) in [7, 11) is 0. The van der Waals surface area contributed by atoms with Gasteiger partial charge in [0, 0.05) is 0 Å². The van der Waals surface area contributed by atoms with Gasteiger partial charge in [0.2, 0.25) is 0 Å². The molecule has 0 fully saturated rings. The highest BCUT2D eigenvalue weighted by atomic mass is 32.2. The second kappa shape index (κ2) is 6.95. The molecule has 1 rings (SSSR count). The van der Waals surface area contributed by atoms with Crippen LogP contribution < -0.4 is 5.14 Å². The SMILES string of the molecule is NSOCCCCc1ccccc1. The molecular weight excluding hydrogens is 182 g/mol. The quantitative estimate of drug-likeness (QED) is 0.432. The van der Waals surface area contributed by atoms with E-state index in [9.17, 15) is 0 Å². The minimum atomic E-state index is 0.744. The number of nitrogens with two attached hydrogens (primary N) is 1. The van der Waals surface area contributed by atoms with Crippen LogP contribution in [0.1, 0.15) is 18.4 Å². The van der Waals surface area contributed by atoms with E-state index in [2.05, 4.69) is 24.3 Å². The zero-order chi connectivity index (χ0) is 9.36. The van der Waals surface area contributed by atoms with E-state index < -0.39 is 0 Å². The first-order chi connectivity index (χ1) is 6.43. The fraction of sp³-hybridized carbons (Fsp3) is 0.400. The van der Waals surface area contributed by atoms with Crippen molar-refractivity contribution in [2.75, 3.05) is 6.61 Å². The molecule has 1 aromatic rings. The Hall–Kier alpha value is -0.510. The van der Waals surface area contributed by atoms with Crippen LogP contribution in [0, 0.1) is 0 Å². The average Bonchev–Trinajstić information content (AvgIpc) is 2.19. The van der Waals surface area contributed by atoms with Gasteiger partial charge in [-0.15, -0.1) is 0 Å². The molecule has 0 bridgehead atoms. The van der Waals surface area contributed by atoms with E-state index in [0.29, 0.717) is 0 Å². The number of rotatable bonds is 6. The normalized spacial score (nSPS) is 10.2. The molecule has 0 radical (unpaired) electrons. The monoisotopic (exact) mass is 197 g/mol. The van der Waals surface area contributed by atoms with Gasteiger partial charge in [0.15, 0.2) is 0 Å². The Bertz CT molecular complexity index is 215. The minimum absolute atomic E-state index is 0.744. The van der Waals surface area contributed by atoms with Crippen molar-refractivity contribution in [3.63, 3.8) is 0 Å². The van der Waals surface area contributed by atoms with E-state index in [1.165, 1.54) is 5.56 Å². The van der Waals surface area contributed by atoms with Crippen LogP contribution in [-0.4, -0.2) is 6.61 Å². The maximum absolute atomic E-state index is 5.12. The van der Waals surface area contributed by atoms with Crippen molar-refractivity contribution in [2.24, 2.45) is 5.14 Å². The van der Waals surface area contributed by atoms with Gasteiger partial charge in [0.25, 0.3) is 0 Å². The van der Waals surface area contributed by atoms with E-state index in [1.54, 1.807) is 0 Å². The molecule has 2 nitrogen and oxygen atoms in total. The third kappa shape index (κ3) is 4.93. The van der Waals surface area contributed by atoms with Gasteiger partial charge in [-0.05, 0) is 24.8 Å².